The van der Waals surface area contributed by atoms with Gasteiger partial charge in [0.05, 0.1) is 21.4 Å². The highest BCUT2D eigenvalue weighted by molar-refractivity contribution is 7.73. The molecule has 29 heavy (non-hydrogen) atoms. The predicted molar refractivity (Wildman–Crippen MR) is 104 cm³/mol. The summed E-state index contributed by atoms with van der Waals surface area (Å²) in [6, 6.07) is 6.90. The molecule has 0 unspecified atom stereocenters. The number of fused-ring (bicyclic) bond motifs is 1. The maximum Gasteiger partial charge on any atom is 0.279 e. The lowest BCUT2D eigenvalue weighted by atomic mass is 10.1. The first-order valence-electron chi connectivity index (χ1n) is 7.95. The Kier molecular flexibility index (Phi) is 4.48. The average molecular weight is 427 g/mol. The average Bonchev–Trinajstić information content (AvgIpc) is 3.17. The molecule has 0 saturated heterocycles. The van der Waals surface area contributed by atoms with Crippen molar-refractivity contribution in [2.24, 2.45) is 4.99 Å². The minimum Gasteiger partial charge on any atom is -0.492 e. The van der Waals surface area contributed by atoms with E-state index in [4.69, 9.17) is 12.2 Å². The van der Waals surface area contributed by atoms with Crippen molar-refractivity contribution < 1.29 is 19.6 Å². The monoisotopic (exact) mass is 427 g/mol. The molecule has 12 heteroatoms. The molecule has 0 bridgehead atoms. The Balaban J connectivity index is 1.83. The predicted octanol–water partition coefficient (Wildman–Crippen LogP) is 1.03. The van der Waals surface area contributed by atoms with E-state index in [2.05, 4.69) is 15.4 Å². The third-order valence-corrected chi connectivity index (χ3v) is 5.43. The maximum atomic E-state index is 12.4. The van der Waals surface area contributed by atoms with Crippen molar-refractivity contribution in [3.05, 3.63) is 77.8 Å². The third kappa shape index (κ3) is 3.19. The summed E-state index contributed by atoms with van der Waals surface area (Å²) >= 11 is 6.06. The highest BCUT2D eigenvalue weighted by Gasteiger charge is 2.27. The molecule has 1 aromatic carbocycles. The fourth-order valence-corrected chi connectivity index (χ4v) is 3.99. The van der Waals surface area contributed by atoms with Crippen molar-refractivity contribution in [1.29, 1.82) is 0 Å². The Bertz CT molecular complexity index is 1380. The summed E-state index contributed by atoms with van der Waals surface area (Å²) in [5.41, 5.74) is 2.43. The minimum atomic E-state index is -0.669. The summed E-state index contributed by atoms with van der Waals surface area (Å²) < 4.78 is 1.02. The number of carbonyl (C=O) groups is 2. The fraction of sp³-hybridized carbons (Fsp3) is 0. The van der Waals surface area contributed by atoms with Crippen molar-refractivity contribution in [3.63, 3.8) is 0 Å². The van der Waals surface area contributed by atoms with E-state index < -0.39 is 22.6 Å². The number of aromatic nitrogens is 2. The quantitative estimate of drug-likeness (QED) is 0.360. The van der Waals surface area contributed by atoms with Gasteiger partial charge in [-0.15, -0.1) is 0 Å². The molecular formula is C17H9N5O5S2. The number of rotatable bonds is 4. The molecule has 0 fully saturated rings. The molecule has 0 atom stereocenters. The van der Waals surface area contributed by atoms with Gasteiger partial charge in [0, 0.05) is 29.7 Å². The second-order valence-corrected chi connectivity index (χ2v) is 7.43. The normalized spacial score (nSPS) is 12.4. The Morgan fingerprint density at radius 3 is 2.83 bits per heavy atom. The van der Waals surface area contributed by atoms with Gasteiger partial charge >= 0.3 is 0 Å². The van der Waals surface area contributed by atoms with E-state index in [0.717, 1.165) is 16.0 Å². The first-order chi connectivity index (χ1) is 13.9. The lowest BCUT2D eigenvalue weighted by molar-refractivity contribution is -0.385. The van der Waals surface area contributed by atoms with E-state index in [1.807, 2.05) is 0 Å². The lowest BCUT2D eigenvalue weighted by Crippen LogP contribution is -2.24. The molecule has 3 aromatic rings. The number of thiazole rings is 1. The second-order valence-electron chi connectivity index (χ2n) is 5.79. The number of carbonyl (C=O) groups excluding carboxylic acids is 2. The number of hydrogen-bond acceptors (Lipinski definition) is 8. The van der Waals surface area contributed by atoms with E-state index in [1.54, 1.807) is 6.07 Å². The van der Waals surface area contributed by atoms with Gasteiger partial charge in [0.15, 0.2) is 3.95 Å². The number of aromatic hydroxyl groups is 1. The van der Waals surface area contributed by atoms with Crippen molar-refractivity contribution >= 4 is 46.6 Å². The lowest BCUT2D eigenvalue weighted by Gasteiger charge is -2.07. The van der Waals surface area contributed by atoms with Crippen LogP contribution in [0.5, 0.6) is 5.88 Å². The van der Waals surface area contributed by atoms with Crippen LogP contribution in [0.2, 0.25) is 0 Å². The Morgan fingerprint density at radius 2 is 2.14 bits per heavy atom. The van der Waals surface area contributed by atoms with Crippen molar-refractivity contribution in [2.45, 2.75) is 0 Å². The highest BCUT2D eigenvalue weighted by Crippen LogP contribution is 2.32. The van der Waals surface area contributed by atoms with Gasteiger partial charge in [0.25, 0.3) is 17.5 Å². The number of nitro groups is 1. The number of hydrogen-bond donors (Lipinski definition) is 2. The molecule has 0 spiro atoms. The van der Waals surface area contributed by atoms with Gasteiger partial charge in [-0.1, -0.05) is 11.3 Å². The number of nitrogens with zero attached hydrogens (tertiary/aromatic N) is 4. The Morgan fingerprint density at radius 1 is 1.34 bits per heavy atom. The highest BCUT2D eigenvalue weighted by atomic mass is 32.1. The maximum absolute atomic E-state index is 12.4. The molecule has 3 heterocycles. The van der Waals surface area contributed by atoms with Gasteiger partial charge < -0.3 is 5.11 Å². The van der Waals surface area contributed by atoms with Crippen LogP contribution in [0.1, 0.15) is 15.2 Å². The van der Waals surface area contributed by atoms with Crippen LogP contribution in [0, 0.1) is 14.1 Å². The van der Waals surface area contributed by atoms with Crippen LogP contribution in [-0.4, -0.2) is 31.5 Å². The van der Waals surface area contributed by atoms with Gasteiger partial charge in [-0.3, -0.25) is 30.1 Å². The third-order valence-electron chi connectivity index (χ3n) is 4.05. The smallest absolute Gasteiger partial charge is 0.279 e. The summed E-state index contributed by atoms with van der Waals surface area (Å²) in [4.78, 5) is 43.0. The molecular weight excluding hydrogens is 418 g/mol. The summed E-state index contributed by atoms with van der Waals surface area (Å²) in [7, 11) is 0. The molecule has 0 saturated carbocycles. The molecule has 0 aliphatic carbocycles. The van der Waals surface area contributed by atoms with Gasteiger partial charge in [0.2, 0.25) is 5.88 Å². The summed E-state index contributed by atoms with van der Waals surface area (Å²) in [5.74, 6) is -1.72. The fourth-order valence-electron chi connectivity index (χ4n) is 2.73. The first-order valence-corrected chi connectivity index (χ1v) is 9.17. The Hall–Kier alpha value is -3.77. The van der Waals surface area contributed by atoms with Gasteiger partial charge in [-0.2, -0.15) is 4.68 Å². The number of nitrogens with one attached hydrogen (secondary N) is 1. The number of non-ortho nitro benzene ring substituents is 1. The van der Waals surface area contributed by atoms with E-state index >= 15 is 0 Å². The van der Waals surface area contributed by atoms with Gasteiger partial charge in [0.1, 0.15) is 4.88 Å². The SMILES string of the molecule is O=C1N=c2ccc([N+](=O)[O-])cc2=C1c1sc(=S)n(NC(=O)c2cccnc2)c1O. The molecule has 2 amide bonds. The van der Waals surface area contributed by atoms with Crippen LogP contribution in [0.3, 0.4) is 0 Å². The number of pyridine rings is 1. The van der Waals surface area contributed by atoms with E-state index in [-0.39, 0.29) is 36.2 Å². The molecule has 2 N–H and O–H groups in total. The molecule has 1 aliphatic rings. The van der Waals surface area contributed by atoms with E-state index in [0.29, 0.717) is 0 Å². The molecule has 4 rings (SSSR count). The van der Waals surface area contributed by atoms with Crippen LogP contribution in [0.4, 0.5) is 5.69 Å². The molecule has 0 radical (unpaired) electrons. The molecule has 10 nitrogen and oxygen atoms in total. The standard InChI is InChI=1S/C17H9N5O5S2/c23-14(8-2-1-5-18-7-8)20-21-16(25)13(29-17(21)28)12-10-6-9(22(26)27)3-4-11(10)19-15(12)24/h1-7,25H,(H,20,23). The molecule has 2 aromatic heterocycles. The summed E-state index contributed by atoms with van der Waals surface area (Å²) in [5, 5.41) is 22.1. The zero-order valence-corrected chi connectivity index (χ0v) is 15.9. The van der Waals surface area contributed by atoms with Gasteiger partial charge in [-0.05, 0) is 30.4 Å². The first kappa shape index (κ1) is 18.6. The molecule has 1 aliphatic heterocycles. The van der Waals surface area contributed by atoms with Crippen LogP contribution < -0.4 is 16.0 Å². The zero-order valence-electron chi connectivity index (χ0n) is 14.2. The van der Waals surface area contributed by atoms with E-state index in [9.17, 15) is 24.8 Å². The van der Waals surface area contributed by atoms with Gasteiger partial charge in [-0.25, -0.2) is 4.99 Å². The number of nitro benzene ring substituents is 1. The number of amides is 2. The summed E-state index contributed by atoms with van der Waals surface area (Å²) in [6.45, 7) is 0. The van der Waals surface area contributed by atoms with Crippen LogP contribution in [0.15, 0.2) is 47.7 Å². The minimum absolute atomic E-state index is 0.0216. The largest absolute Gasteiger partial charge is 0.492 e. The van der Waals surface area contributed by atoms with Crippen LogP contribution in [-0.2, 0) is 4.79 Å². The van der Waals surface area contributed by atoms with Crippen molar-refractivity contribution in [1.82, 2.24) is 9.66 Å². The Labute approximate surface area is 170 Å². The van der Waals surface area contributed by atoms with Crippen molar-refractivity contribution in [3.8, 4) is 5.88 Å². The van der Waals surface area contributed by atoms with Crippen LogP contribution >= 0.6 is 23.6 Å². The topological polar surface area (TPSA) is 140 Å². The van der Waals surface area contributed by atoms with Crippen LogP contribution in [0.25, 0.3) is 5.57 Å². The number of benzene rings is 1. The molecule has 144 valence electrons. The van der Waals surface area contributed by atoms with E-state index in [1.165, 1.54) is 36.7 Å². The van der Waals surface area contributed by atoms with Crippen molar-refractivity contribution in [2.75, 3.05) is 5.43 Å². The second kappa shape index (κ2) is 7.00. The summed E-state index contributed by atoms with van der Waals surface area (Å²) in [6.07, 6.45) is 2.85. The zero-order chi connectivity index (χ0) is 20.7.